The zero-order valence-electron chi connectivity index (χ0n) is 15.9. The van der Waals surface area contributed by atoms with Crippen molar-refractivity contribution in [3.05, 3.63) is 70.8 Å². The number of fused-ring (bicyclic) bond motifs is 1. The number of carbonyl (C=O) groups is 2. The van der Waals surface area contributed by atoms with E-state index in [0.717, 1.165) is 10.9 Å². The van der Waals surface area contributed by atoms with Gasteiger partial charge in [-0.1, -0.05) is 35.9 Å². The van der Waals surface area contributed by atoms with Crippen LogP contribution in [0.25, 0.3) is 10.8 Å². The van der Waals surface area contributed by atoms with Crippen LogP contribution in [0.15, 0.2) is 48.7 Å². The second kappa shape index (κ2) is 8.45. The highest BCUT2D eigenvalue weighted by Crippen LogP contribution is 2.29. The van der Waals surface area contributed by atoms with Crippen LogP contribution in [0.5, 0.6) is 0 Å². The van der Waals surface area contributed by atoms with Crippen LogP contribution >= 0.6 is 11.6 Å². The number of carbonyl (C=O) groups excluding carboxylic acids is 2. The first-order valence-corrected chi connectivity index (χ1v) is 9.41. The van der Waals surface area contributed by atoms with E-state index in [4.69, 9.17) is 17.3 Å². The first kappa shape index (κ1) is 20.5. The number of halogens is 2. The van der Waals surface area contributed by atoms with Gasteiger partial charge in [-0.15, -0.1) is 0 Å². The molecule has 1 atom stereocenters. The number of nitrogens with two attached hydrogens (primary N) is 1. The quantitative estimate of drug-likeness (QED) is 0.631. The molecule has 150 valence electrons. The van der Waals surface area contributed by atoms with E-state index in [1.807, 2.05) is 26.0 Å². The van der Waals surface area contributed by atoms with Crippen LogP contribution in [0.4, 0.5) is 14.9 Å². The van der Waals surface area contributed by atoms with Crippen molar-refractivity contribution in [3.8, 4) is 0 Å². The Morgan fingerprint density at radius 3 is 2.55 bits per heavy atom. The Bertz CT molecular complexity index is 1090. The van der Waals surface area contributed by atoms with E-state index < -0.39 is 11.7 Å². The van der Waals surface area contributed by atoms with Gasteiger partial charge in [0.05, 0.1) is 11.1 Å². The molecule has 8 heteroatoms. The molecule has 6 nitrogen and oxygen atoms in total. The number of amides is 3. The molecule has 3 amide bonds. The molecule has 0 bridgehead atoms. The number of urea groups is 1. The van der Waals surface area contributed by atoms with Gasteiger partial charge < -0.3 is 16.0 Å². The van der Waals surface area contributed by atoms with Gasteiger partial charge in [-0.25, -0.2) is 9.18 Å². The molecule has 3 N–H and O–H groups in total. The number of nitrogens with zero attached hydrogens (tertiary/aromatic N) is 2. The lowest BCUT2D eigenvalue weighted by atomic mass is 9.99. The molecule has 0 spiro atoms. The topological polar surface area (TPSA) is 88.3 Å². The van der Waals surface area contributed by atoms with E-state index >= 15 is 0 Å². The van der Waals surface area contributed by atoms with Crippen molar-refractivity contribution < 1.29 is 14.0 Å². The van der Waals surface area contributed by atoms with Crippen LogP contribution < -0.4 is 11.1 Å². The highest BCUT2D eigenvalue weighted by Gasteiger charge is 2.23. The molecule has 2 aromatic carbocycles. The van der Waals surface area contributed by atoms with Crippen molar-refractivity contribution in [2.75, 3.05) is 11.9 Å². The highest BCUT2D eigenvalue weighted by atomic mass is 35.5. The predicted octanol–water partition coefficient (Wildman–Crippen LogP) is 4.74. The number of nitrogens with one attached hydrogen (secondary N) is 1. The minimum Gasteiger partial charge on any atom is -0.364 e. The van der Waals surface area contributed by atoms with Crippen LogP contribution in [0.1, 0.15) is 35.9 Å². The van der Waals surface area contributed by atoms with Crippen molar-refractivity contribution in [2.45, 2.75) is 19.9 Å². The molecule has 3 aromatic rings. The van der Waals surface area contributed by atoms with Gasteiger partial charge in [0.15, 0.2) is 0 Å². The normalized spacial score (nSPS) is 11.9. The molecule has 1 heterocycles. The van der Waals surface area contributed by atoms with E-state index in [2.05, 4.69) is 10.3 Å². The van der Waals surface area contributed by atoms with Gasteiger partial charge in [-0.3, -0.25) is 9.78 Å². The molecule has 0 aliphatic carbocycles. The lowest BCUT2D eigenvalue weighted by Crippen LogP contribution is -2.37. The molecule has 0 saturated heterocycles. The fraction of sp³-hybridized carbons (Fsp3) is 0.190. The van der Waals surface area contributed by atoms with E-state index in [1.165, 1.54) is 18.2 Å². The van der Waals surface area contributed by atoms with Crippen LogP contribution in [-0.4, -0.2) is 28.4 Å². The Morgan fingerprint density at radius 2 is 1.93 bits per heavy atom. The zero-order valence-corrected chi connectivity index (χ0v) is 16.7. The molecule has 1 aromatic heterocycles. The number of hydrogen-bond acceptors (Lipinski definition) is 3. The third-order valence-electron chi connectivity index (χ3n) is 4.75. The van der Waals surface area contributed by atoms with E-state index in [-0.39, 0.29) is 22.8 Å². The van der Waals surface area contributed by atoms with Crippen molar-refractivity contribution in [3.63, 3.8) is 0 Å². The van der Waals surface area contributed by atoms with Gasteiger partial charge in [-0.2, -0.15) is 0 Å². The Morgan fingerprint density at radius 1 is 1.24 bits per heavy atom. The van der Waals surface area contributed by atoms with Gasteiger partial charge >= 0.3 is 6.03 Å². The number of benzene rings is 2. The molecule has 0 fully saturated rings. The monoisotopic (exact) mass is 414 g/mol. The van der Waals surface area contributed by atoms with Crippen molar-refractivity contribution in [2.24, 2.45) is 5.73 Å². The third kappa shape index (κ3) is 4.14. The molecule has 29 heavy (non-hydrogen) atoms. The van der Waals surface area contributed by atoms with Crippen LogP contribution in [-0.2, 0) is 0 Å². The first-order valence-electron chi connectivity index (χ1n) is 9.03. The molecular formula is C21H20ClFN4O2. The maximum atomic E-state index is 13.4. The number of primary amides is 1. The van der Waals surface area contributed by atoms with Crippen LogP contribution in [0, 0.1) is 5.82 Å². The molecular weight excluding hydrogens is 395 g/mol. The standard InChI is InChI=1S/C21H20ClFN4O2/c1-3-27(21(29)26-13-8-9-18(23)17(22)10-13)12(2)16-11-25-19(20(24)28)15-7-5-4-6-14(15)16/h4-12H,3H2,1-2H3,(H2,24,28)(H,26,29). The van der Waals surface area contributed by atoms with E-state index in [1.54, 1.807) is 23.2 Å². The van der Waals surface area contributed by atoms with Crippen LogP contribution in [0.2, 0.25) is 5.02 Å². The summed E-state index contributed by atoms with van der Waals surface area (Å²) in [6.45, 7) is 4.13. The number of hydrogen-bond donors (Lipinski definition) is 2. The lowest BCUT2D eigenvalue weighted by Gasteiger charge is -2.29. The first-order chi connectivity index (χ1) is 13.8. The van der Waals surface area contributed by atoms with E-state index in [0.29, 0.717) is 17.6 Å². The summed E-state index contributed by atoms with van der Waals surface area (Å²) in [7, 11) is 0. The van der Waals surface area contributed by atoms with Gasteiger partial charge in [0, 0.05) is 29.4 Å². The Balaban J connectivity index is 1.94. The minimum absolute atomic E-state index is 0.0730. The van der Waals surface area contributed by atoms with Crippen molar-refractivity contribution in [1.29, 1.82) is 0 Å². The Kier molecular flexibility index (Phi) is 5.98. The molecule has 3 rings (SSSR count). The smallest absolute Gasteiger partial charge is 0.322 e. The predicted molar refractivity (Wildman–Crippen MR) is 111 cm³/mol. The molecule has 1 unspecified atom stereocenters. The van der Waals surface area contributed by atoms with Crippen molar-refractivity contribution >= 4 is 40.0 Å². The summed E-state index contributed by atoms with van der Waals surface area (Å²) < 4.78 is 13.4. The maximum Gasteiger partial charge on any atom is 0.322 e. The minimum atomic E-state index is -0.612. The summed E-state index contributed by atoms with van der Waals surface area (Å²) in [4.78, 5) is 30.4. The third-order valence-corrected chi connectivity index (χ3v) is 5.04. The van der Waals surface area contributed by atoms with Gasteiger partial charge in [-0.05, 0) is 37.4 Å². The van der Waals surface area contributed by atoms with Gasteiger partial charge in [0.1, 0.15) is 11.5 Å². The molecule has 0 radical (unpaired) electrons. The van der Waals surface area contributed by atoms with Gasteiger partial charge in [0.25, 0.3) is 5.91 Å². The Hall–Kier alpha value is -3.19. The highest BCUT2D eigenvalue weighted by molar-refractivity contribution is 6.31. The summed E-state index contributed by atoms with van der Waals surface area (Å²) in [6, 6.07) is 10.5. The second-order valence-electron chi connectivity index (χ2n) is 6.49. The second-order valence-corrected chi connectivity index (χ2v) is 6.90. The average Bonchev–Trinajstić information content (AvgIpc) is 2.70. The SMILES string of the molecule is CCN(C(=O)Nc1ccc(F)c(Cl)c1)C(C)c1cnc(C(N)=O)c2ccccc12. The zero-order chi connectivity index (χ0) is 21.1. The number of rotatable bonds is 5. The van der Waals surface area contributed by atoms with Crippen molar-refractivity contribution in [1.82, 2.24) is 9.88 Å². The number of aromatic nitrogens is 1. The molecule has 0 aliphatic heterocycles. The maximum absolute atomic E-state index is 13.4. The molecule has 0 aliphatic rings. The lowest BCUT2D eigenvalue weighted by molar-refractivity contribution is 0.0997. The summed E-state index contributed by atoms with van der Waals surface area (Å²) in [5.41, 5.74) is 6.79. The van der Waals surface area contributed by atoms with E-state index in [9.17, 15) is 14.0 Å². The Labute approximate surface area is 172 Å². The summed E-state index contributed by atoms with van der Waals surface area (Å²) >= 11 is 5.79. The largest absolute Gasteiger partial charge is 0.364 e. The average molecular weight is 415 g/mol. The fourth-order valence-electron chi connectivity index (χ4n) is 3.27. The summed E-state index contributed by atoms with van der Waals surface area (Å²) in [6.07, 6.45) is 1.57. The fourth-order valence-corrected chi connectivity index (χ4v) is 3.45. The number of pyridine rings is 1. The number of anilines is 1. The summed E-state index contributed by atoms with van der Waals surface area (Å²) in [5.74, 6) is -1.17. The molecule has 0 saturated carbocycles. The van der Waals surface area contributed by atoms with Crippen LogP contribution in [0.3, 0.4) is 0 Å². The van der Waals surface area contributed by atoms with Gasteiger partial charge in [0.2, 0.25) is 0 Å². The summed E-state index contributed by atoms with van der Waals surface area (Å²) in [5, 5.41) is 4.08.